The lowest BCUT2D eigenvalue weighted by Gasteiger charge is -2.03. The van der Waals surface area contributed by atoms with Gasteiger partial charge in [0.2, 0.25) is 5.91 Å². The molecule has 3 aromatic carbocycles. The van der Waals surface area contributed by atoms with Gasteiger partial charge in [0.1, 0.15) is 12.3 Å². The first-order chi connectivity index (χ1) is 20.2. The number of carbonyl (C=O) groups excluding carboxylic acids is 2. The largest absolute Gasteiger partial charge is 0.480 e. The number of aromatic carboxylic acids is 1. The molecule has 3 aromatic rings. The van der Waals surface area contributed by atoms with Crippen molar-refractivity contribution in [1.29, 1.82) is 0 Å². The molecule has 0 heterocycles. The zero-order valence-corrected chi connectivity index (χ0v) is 24.2. The van der Waals surface area contributed by atoms with Crippen molar-refractivity contribution in [2.45, 2.75) is 51.5 Å². The van der Waals surface area contributed by atoms with E-state index in [1.165, 1.54) is 5.56 Å². The molecule has 10 nitrogen and oxygen atoms in total. The third kappa shape index (κ3) is 19.6. The number of nitrogens with two attached hydrogens (primary N) is 3. The standard InChI is InChI=1S/C11H13NO2.C8H11N.C7H6O2.C6H14N2O2/c1-2-3-11(14)12-10-6-4-9(8-13)5-7-10;9-7-6-8-4-2-1-3-5-8;8-7(9)6-4-2-1-3-5-6;7-4-2-1-3-5(8)6(9)10/h4-8H,2-3H2,1H3,(H,12,14);1-5H,6-7,9H2;1-5H,(H,8,9);5H,1-4,7-8H2,(H,9,10)/t;;;5-/m...0/s1. The Morgan fingerprint density at radius 3 is 1.83 bits per heavy atom. The number of unbranched alkanes of at least 4 members (excludes halogenated alkanes) is 1. The Balaban J connectivity index is 0.000000544. The quantitative estimate of drug-likeness (QED) is 0.133. The molecular formula is C32H44N4O6. The summed E-state index contributed by atoms with van der Waals surface area (Å²) in [5, 5.41) is 19.4. The molecule has 0 aliphatic heterocycles. The van der Waals surface area contributed by atoms with Gasteiger partial charge in [0.25, 0.3) is 0 Å². The number of carboxylic acids is 2. The lowest BCUT2D eigenvalue weighted by atomic mass is 10.1. The fraction of sp³-hybridized carbons (Fsp3) is 0.312. The molecule has 0 fully saturated rings. The molecule has 0 spiro atoms. The van der Waals surface area contributed by atoms with Crippen LogP contribution in [0.15, 0.2) is 84.9 Å². The van der Waals surface area contributed by atoms with Crippen molar-refractivity contribution in [3.63, 3.8) is 0 Å². The van der Waals surface area contributed by atoms with E-state index < -0.39 is 18.0 Å². The van der Waals surface area contributed by atoms with Crippen LogP contribution in [0, 0.1) is 0 Å². The van der Waals surface area contributed by atoms with E-state index in [-0.39, 0.29) is 5.91 Å². The smallest absolute Gasteiger partial charge is 0.335 e. The predicted molar refractivity (Wildman–Crippen MR) is 166 cm³/mol. The molecule has 0 bridgehead atoms. The lowest BCUT2D eigenvalue weighted by molar-refractivity contribution is -0.138. The van der Waals surface area contributed by atoms with E-state index in [9.17, 15) is 19.2 Å². The maximum atomic E-state index is 11.2. The third-order valence-corrected chi connectivity index (χ3v) is 5.39. The van der Waals surface area contributed by atoms with Crippen LogP contribution in [0.25, 0.3) is 0 Å². The summed E-state index contributed by atoms with van der Waals surface area (Å²) >= 11 is 0. The summed E-state index contributed by atoms with van der Waals surface area (Å²) in [4.78, 5) is 41.9. The van der Waals surface area contributed by atoms with Gasteiger partial charge in [0.05, 0.1) is 5.56 Å². The van der Waals surface area contributed by atoms with Gasteiger partial charge < -0.3 is 32.7 Å². The summed E-state index contributed by atoms with van der Waals surface area (Å²) in [5.41, 5.74) is 18.8. The van der Waals surface area contributed by atoms with Crippen molar-refractivity contribution in [3.8, 4) is 0 Å². The van der Waals surface area contributed by atoms with E-state index >= 15 is 0 Å². The maximum Gasteiger partial charge on any atom is 0.335 e. The highest BCUT2D eigenvalue weighted by molar-refractivity contribution is 5.91. The van der Waals surface area contributed by atoms with Gasteiger partial charge in [-0.05, 0) is 80.7 Å². The average molecular weight is 581 g/mol. The second-order valence-corrected chi connectivity index (χ2v) is 8.96. The van der Waals surface area contributed by atoms with Gasteiger partial charge in [-0.25, -0.2) is 4.79 Å². The number of rotatable bonds is 12. The number of hydrogen-bond acceptors (Lipinski definition) is 7. The Hall–Kier alpha value is -4.38. The zero-order chi connectivity index (χ0) is 31.6. The van der Waals surface area contributed by atoms with Crippen LogP contribution in [-0.4, -0.2) is 53.5 Å². The van der Waals surface area contributed by atoms with Crippen LogP contribution in [0.1, 0.15) is 65.3 Å². The number of aldehydes is 1. The molecule has 10 heteroatoms. The molecule has 228 valence electrons. The molecule has 0 aliphatic rings. The number of nitrogens with one attached hydrogen (secondary N) is 1. The second kappa shape index (κ2) is 24.4. The van der Waals surface area contributed by atoms with Crippen LogP contribution >= 0.6 is 0 Å². The summed E-state index contributed by atoms with van der Waals surface area (Å²) in [7, 11) is 0. The normalized spacial score (nSPS) is 10.2. The monoisotopic (exact) mass is 580 g/mol. The van der Waals surface area contributed by atoms with Gasteiger partial charge in [-0.15, -0.1) is 0 Å². The molecule has 1 amide bonds. The number of carbonyl (C=O) groups is 4. The van der Waals surface area contributed by atoms with Gasteiger partial charge in [-0.2, -0.15) is 0 Å². The van der Waals surface area contributed by atoms with Crippen molar-refractivity contribution in [3.05, 3.63) is 102 Å². The van der Waals surface area contributed by atoms with Gasteiger partial charge in [-0.3, -0.25) is 14.4 Å². The van der Waals surface area contributed by atoms with Crippen molar-refractivity contribution in [2.75, 3.05) is 18.4 Å². The Labute approximate surface area is 247 Å². The van der Waals surface area contributed by atoms with Gasteiger partial charge in [0.15, 0.2) is 0 Å². The number of aliphatic carboxylic acids is 1. The minimum absolute atomic E-state index is 0.00588. The van der Waals surface area contributed by atoms with Crippen LogP contribution in [0.2, 0.25) is 0 Å². The highest BCUT2D eigenvalue weighted by atomic mass is 16.4. The number of benzene rings is 3. The summed E-state index contributed by atoms with van der Waals surface area (Å²) < 4.78 is 0. The molecule has 0 saturated carbocycles. The number of anilines is 1. The first-order valence-corrected chi connectivity index (χ1v) is 13.7. The molecule has 0 aliphatic carbocycles. The van der Waals surface area contributed by atoms with Crippen LogP contribution in [0.4, 0.5) is 5.69 Å². The number of carboxylic acid groups (broad SMARTS) is 2. The fourth-order valence-electron chi connectivity index (χ4n) is 3.12. The summed E-state index contributed by atoms with van der Waals surface area (Å²) in [6, 6.07) is 24.6. The van der Waals surface area contributed by atoms with E-state index in [0.29, 0.717) is 30.5 Å². The highest BCUT2D eigenvalue weighted by Gasteiger charge is 2.09. The van der Waals surface area contributed by atoms with Crippen molar-refractivity contribution in [1.82, 2.24) is 0 Å². The molecule has 0 aromatic heterocycles. The third-order valence-electron chi connectivity index (χ3n) is 5.39. The summed E-state index contributed by atoms with van der Waals surface area (Å²) in [6.07, 6.45) is 5.28. The van der Waals surface area contributed by atoms with Gasteiger partial charge >= 0.3 is 11.9 Å². The van der Waals surface area contributed by atoms with Gasteiger partial charge in [0, 0.05) is 17.7 Å². The molecule has 0 saturated heterocycles. The summed E-state index contributed by atoms with van der Waals surface area (Å²) in [5.74, 6) is -1.81. The fourth-order valence-corrected chi connectivity index (χ4v) is 3.12. The first kappa shape index (κ1) is 37.6. The highest BCUT2D eigenvalue weighted by Crippen LogP contribution is 2.08. The minimum atomic E-state index is -0.933. The summed E-state index contributed by atoms with van der Waals surface area (Å²) in [6.45, 7) is 3.30. The van der Waals surface area contributed by atoms with E-state index in [2.05, 4.69) is 17.4 Å². The first-order valence-electron chi connectivity index (χ1n) is 13.7. The zero-order valence-electron chi connectivity index (χ0n) is 24.2. The molecule has 0 radical (unpaired) electrons. The molecule has 0 unspecified atom stereocenters. The van der Waals surface area contributed by atoms with E-state index in [1.807, 2.05) is 25.1 Å². The van der Waals surface area contributed by atoms with Crippen molar-refractivity contribution >= 4 is 29.8 Å². The van der Waals surface area contributed by atoms with E-state index in [4.69, 9.17) is 27.4 Å². The van der Waals surface area contributed by atoms with Crippen molar-refractivity contribution < 1.29 is 29.4 Å². The molecule has 1 atom stereocenters. The van der Waals surface area contributed by atoms with E-state index in [1.54, 1.807) is 54.6 Å². The number of amides is 1. The number of hydrogen-bond donors (Lipinski definition) is 6. The lowest BCUT2D eigenvalue weighted by Crippen LogP contribution is -2.29. The van der Waals surface area contributed by atoms with Crippen LogP contribution in [0.5, 0.6) is 0 Å². The Morgan fingerprint density at radius 2 is 1.40 bits per heavy atom. The molecule has 42 heavy (non-hydrogen) atoms. The molecule has 3 rings (SSSR count). The van der Waals surface area contributed by atoms with Crippen LogP contribution < -0.4 is 22.5 Å². The Bertz CT molecular complexity index is 1140. The second-order valence-electron chi connectivity index (χ2n) is 8.96. The Kier molecular flexibility index (Phi) is 21.9. The maximum absolute atomic E-state index is 11.2. The average Bonchev–Trinajstić information content (AvgIpc) is 3.00. The van der Waals surface area contributed by atoms with Gasteiger partial charge in [-0.1, -0.05) is 61.9 Å². The van der Waals surface area contributed by atoms with Crippen LogP contribution in [-0.2, 0) is 16.0 Å². The SMILES string of the molecule is CCCC(=O)Nc1ccc(C=O)cc1.NCCCC[C@H](N)C(=O)O.NCCc1ccccc1.O=C(O)c1ccccc1. The van der Waals surface area contributed by atoms with E-state index in [0.717, 1.165) is 44.2 Å². The van der Waals surface area contributed by atoms with Crippen LogP contribution in [0.3, 0.4) is 0 Å². The molecule has 9 N–H and O–H groups in total. The van der Waals surface area contributed by atoms with Crippen molar-refractivity contribution in [2.24, 2.45) is 17.2 Å². The topological polar surface area (TPSA) is 199 Å². The predicted octanol–water partition coefficient (Wildman–Crippen LogP) is 4.34. The Morgan fingerprint density at radius 1 is 0.833 bits per heavy atom. The minimum Gasteiger partial charge on any atom is -0.480 e. The molecular weight excluding hydrogens is 536 g/mol.